The molecule has 0 spiro atoms. The van der Waals surface area contributed by atoms with Crippen LogP contribution in [0.25, 0.3) is 21.8 Å². The van der Waals surface area contributed by atoms with Crippen LogP contribution in [0.2, 0.25) is 5.02 Å². The molecule has 10 heteroatoms. The Labute approximate surface area is 231 Å². The average molecular weight is 552 g/mol. The minimum Gasteiger partial charge on any atom is -0.497 e. The molecule has 2 aromatic carbocycles. The number of nitrogens with one attached hydrogen (secondary N) is 1. The summed E-state index contributed by atoms with van der Waals surface area (Å²) in [6, 6.07) is 15.8. The highest BCUT2D eigenvalue weighted by Gasteiger charge is 2.18. The molecular weight excluding hydrogens is 522 g/mol. The van der Waals surface area contributed by atoms with E-state index in [1.807, 2.05) is 48.5 Å². The first-order valence-corrected chi connectivity index (χ1v) is 13.7. The summed E-state index contributed by atoms with van der Waals surface area (Å²) in [6.07, 6.45) is 3.49. The predicted octanol–water partition coefficient (Wildman–Crippen LogP) is 6.09. The molecule has 38 heavy (non-hydrogen) atoms. The van der Waals surface area contributed by atoms with Crippen LogP contribution in [-0.2, 0) is 15.9 Å². The number of halogens is 1. The van der Waals surface area contributed by atoms with Crippen molar-refractivity contribution in [1.82, 2.24) is 15.0 Å². The molecule has 5 rings (SSSR count). The Hall–Kier alpha value is -3.24. The molecule has 1 N–H and O–H groups in total. The van der Waals surface area contributed by atoms with E-state index >= 15 is 0 Å². The van der Waals surface area contributed by atoms with Crippen molar-refractivity contribution in [2.75, 3.05) is 57.3 Å². The maximum Gasteiger partial charge on any atom is 0.227 e. The summed E-state index contributed by atoms with van der Waals surface area (Å²) in [4.78, 5) is 17.5. The van der Waals surface area contributed by atoms with Crippen molar-refractivity contribution < 1.29 is 14.2 Å². The summed E-state index contributed by atoms with van der Waals surface area (Å²) in [5.74, 6) is 1.27. The number of hydrogen-bond donors (Lipinski definition) is 1. The van der Waals surface area contributed by atoms with E-state index < -0.39 is 0 Å². The minimum absolute atomic E-state index is 0.489. The second kappa shape index (κ2) is 12.5. The maximum atomic E-state index is 6.64. The molecule has 1 aliphatic rings. The fourth-order valence-electron chi connectivity index (χ4n) is 4.30. The van der Waals surface area contributed by atoms with Gasteiger partial charge in [0.25, 0.3) is 0 Å². The number of thiazole rings is 1. The van der Waals surface area contributed by atoms with Gasteiger partial charge in [-0.05, 0) is 42.8 Å². The largest absolute Gasteiger partial charge is 0.497 e. The third kappa shape index (κ3) is 6.24. The van der Waals surface area contributed by atoms with Crippen molar-refractivity contribution in [3.63, 3.8) is 0 Å². The summed E-state index contributed by atoms with van der Waals surface area (Å²) < 4.78 is 16.1. The number of rotatable bonds is 10. The number of anilines is 3. The molecule has 198 valence electrons. The highest BCUT2D eigenvalue weighted by molar-refractivity contribution is 7.15. The van der Waals surface area contributed by atoms with Gasteiger partial charge in [0.2, 0.25) is 5.95 Å². The molecule has 1 saturated heterocycles. The van der Waals surface area contributed by atoms with Gasteiger partial charge in [0.05, 0.1) is 52.3 Å². The Morgan fingerprint density at radius 3 is 2.74 bits per heavy atom. The van der Waals surface area contributed by atoms with E-state index in [9.17, 15) is 0 Å². The quantitative estimate of drug-likeness (QED) is 0.237. The summed E-state index contributed by atoms with van der Waals surface area (Å²) in [7, 11) is 3.38. The molecule has 0 radical (unpaired) electrons. The molecule has 2 aromatic heterocycles. The van der Waals surface area contributed by atoms with Crippen molar-refractivity contribution >= 4 is 40.3 Å². The first-order chi connectivity index (χ1) is 18.6. The zero-order valence-electron chi connectivity index (χ0n) is 21.4. The fraction of sp³-hybridized carbons (Fsp3) is 0.321. The minimum atomic E-state index is 0.489. The third-order valence-electron chi connectivity index (χ3n) is 6.20. The molecular formula is C28H30ClN5O3S. The van der Waals surface area contributed by atoms with Crippen molar-refractivity contribution in [1.29, 1.82) is 0 Å². The van der Waals surface area contributed by atoms with Gasteiger partial charge in [-0.25, -0.2) is 15.0 Å². The highest BCUT2D eigenvalue weighted by Crippen LogP contribution is 2.38. The van der Waals surface area contributed by atoms with E-state index in [0.29, 0.717) is 30.8 Å². The molecule has 0 atom stereocenters. The van der Waals surface area contributed by atoms with Gasteiger partial charge in [0.15, 0.2) is 0 Å². The normalized spacial score (nSPS) is 13.5. The van der Waals surface area contributed by atoms with Crippen molar-refractivity contribution in [2.45, 2.75) is 12.8 Å². The molecule has 0 amide bonds. The van der Waals surface area contributed by atoms with E-state index in [0.717, 1.165) is 69.9 Å². The molecule has 0 aliphatic carbocycles. The van der Waals surface area contributed by atoms with Crippen LogP contribution in [0.3, 0.4) is 0 Å². The molecule has 0 saturated carbocycles. The van der Waals surface area contributed by atoms with Gasteiger partial charge in [-0.1, -0.05) is 23.7 Å². The number of morpholine rings is 1. The van der Waals surface area contributed by atoms with Gasteiger partial charge in [-0.15, -0.1) is 11.3 Å². The summed E-state index contributed by atoms with van der Waals surface area (Å²) in [5, 5.41) is 5.02. The molecule has 0 bridgehead atoms. The van der Waals surface area contributed by atoms with Gasteiger partial charge in [-0.3, -0.25) is 0 Å². The second-order valence-corrected chi connectivity index (χ2v) is 10.3. The number of aromatic nitrogens is 3. The Bertz CT molecular complexity index is 1380. The van der Waals surface area contributed by atoms with Gasteiger partial charge >= 0.3 is 0 Å². The Kier molecular flexibility index (Phi) is 8.70. The third-order valence-corrected chi connectivity index (χ3v) is 7.64. The van der Waals surface area contributed by atoms with Crippen molar-refractivity contribution in [2.24, 2.45) is 0 Å². The zero-order chi connectivity index (χ0) is 26.3. The van der Waals surface area contributed by atoms with Crippen molar-refractivity contribution in [3.05, 3.63) is 64.8 Å². The van der Waals surface area contributed by atoms with Gasteiger partial charge < -0.3 is 24.4 Å². The van der Waals surface area contributed by atoms with Gasteiger partial charge in [0, 0.05) is 50.7 Å². The predicted molar refractivity (Wildman–Crippen MR) is 153 cm³/mol. The zero-order valence-corrected chi connectivity index (χ0v) is 23.0. The number of nitrogens with zero attached hydrogens (tertiary/aromatic N) is 4. The topological polar surface area (TPSA) is 81.6 Å². The standard InChI is InChI=1S/C28H30ClN5O3S/c1-35-14-4-7-25-33-26(19-5-3-6-21(17-19)36-2)27(38-25)23-10-11-30-28(32-23)31-20-8-9-24(22(29)18-20)34-12-15-37-16-13-34/h3,5-6,8-11,17-18H,4,7,12-16H2,1-2H3,(H,30,31,32). The van der Waals surface area contributed by atoms with Crippen LogP contribution in [0.1, 0.15) is 11.4 Å². The number of ether oxygens (including phenoxy) is 3. The summed E-state index contributed by atoms with van der Waals surface area (Å²) in [6.45, 7) is 3.77. The van der Waals surface area contributed by atoms with Crippen LogP contribution in [-0.4, -0.2) is 62.1 Å². The Morgan fingerprint density at radius 1 is 1.08 bits per heavy atom. The number of methoxy groups -OCH3 is 2. The highest BCUT2D eigenvalue weighted by atomic mass is 35.5. The van der Waals surface area contributed by atoms with Crippen LogP contribution in [0.5, 0.6) is 5.75 Å². The Balaban J connectivity index is 1.42. The van der Waals surface area contributed by atoms with Crippen LogP contribution < -0.4 is 15.0 Å². The summed E-state index contributed by atoms with van der Waals surface area (Å²) in [5.41, 5.74) is 4.48. The smallest absolute Gasteiger partial charge is 0.227 e. The molecule has 4 aromatic rings. The molecule has 1 fully saturated rings. The van der Waals surface area contributed by atoms with Crippen LogP contribution in [0, 0.1) is 0 Å². The van der Waals surface area contributed by atoms with Gasteiger partial charge in [-0.2, -0.15) is 0 Å². The first kappa shape index (κ1) is 26.4. The van der Waals surface area contributed by atoms with E-state index in [1.165, 1.54) is 0 Å². The summed E-state index contributed by atoms with van der Waals surface area (Å²) >= 11 is 8.28. The Morgan fingerprint density at radius 2 is 1.95 bits per heavy atom. The lowest BCUT2D eigenvalue weighted by molar-refractivity contribution is 0.122. The van der Waals surface area contributed by atoms with Gasteiger partial charge in [0.1, 0.15) is 5.75 Å². The van der Waals surface area contributed by atoms with Crippen molar-refractivity contribution in [3.8, 4) is 27.6 Å². The maximum absolute atomic E-state index is 6.64. The first-order valence-electron chi connectivity index (χ1n) is 12.5. The lowest BCUT2D eigenvalue weighted by Gasteiger charge is -2.29. The average Bonchev–Trinajstić information content (AvgIpc) is 3.38. The van der Waals surface area contributed by atoms with Crippen LogP contribution >= 0.6 is 22.9 Å². The van der Waals surface area contributed by atoms with Crippen LogP contribution in [0.4, 0.5) is 17.3 Å². The molecule has 8 nitrogen and oxygen atoms in total. The molecule has 1 aliphatic heterocycles. The van der Waals surface area contributed by atoms with E-state index in [-0.39, 0.29) is 0 Å². The number of hydrogen-bond acceptors (Lipinski definition) is 9. The lowest BCUT2D eigenvalue weighted by atomic mass is 10.1. The number of aryl methyl sites for hydroxylation is 1. The lowest BCUT2D eigenvalue weighted by Crippen LogP contribution is -2.36. The SMILES string of the molecule is COCCCc1nc(-c2cccc(OC)c2)c(-c2ccnc(Nc3ccc(N4CCOCC4)c(Cl)c3)n2)s1. The second-order valence-electron chi connectivity index (χ2n) is 8.77. The van der Waals surface area contributed by atoms with E-state index in [2.05, 4.69) is 15.2 Å². The monoisotopic (exact) mass is 551 g/mol. The van der Waals surface area contributed by atoms with Crippen LogP contribution in [0.15, 0.2) is 54.7 Å². The molecule has 0 unspecified atom stereocenters. The van der Waals surface area contributed by atoms with E-state index in [4.69, 9.17) is 35.8 Å². The van der Waals surface area contributed by atoms with E-state index in [1.54, 1.807) is 31.8 Å². The number of benzene rings is 2. The fourth-order valence-corrected chi connectivity index (χ4v) is 5.70. The molecule has 3 heterocycles.